The first-order valence-corrected chi connectivity index (χ1v) is 56.2. The fourth-order valence-corrected chi connectivity index (χ4v) is 12.8. The predicted molar refractivity (Wildman–Crippen MR) is 602 cm³/mol. The van der Waals surface area contributed by atoms with Gasteiger partial charge in [-0.2, -0.15) is 0 Å². The van der Waals surface area contributed by atoms with Gasteiger partial charge in [-0.3, -0.25) is 0 Å². The Kier molecular flexibility index (Phi) is 105. The number of nitrogens with one attached hydrogen (secondary N) is 7. The van der Waals surface area contributed by atoms with E-state index in [4.69, 9.17) is 75.8 Å². The summed E-state index contributed by atoms with van der Waals surface area (Å²) in [7, 11) is 0. The molecule has 139 heavy (non-hydrogen) atoms. The lowest BCUT2D eigenvalue weighted by Crippen LogP contribution is -2.61. The minimum absolute atomic E-state index is 0.0369. The molecule has 0 aliphatic heterocycles. The van der Waals surface area contributed by atoms with E-state index in [1.54, 1.807) is 0 Å². The lowest BCUT2D eigenvalue weighted by Gasteiger charge is -2.39. The van der Waals surface area contributed by atoms with Crippen LogP contribution in [0.5, 0.6) is 0 Å². The molecule has 0 fully saturated rings. The second kappa shape index (κ2) is 95.4. The summed E-state index contributed by atoms with van der Waals surface area (Å²) in [6.07, 6.45) is 13.8. The van der Waals surface area contributed by atoms with Gasteiger partial charge in [-0.15, -0.1) is 0 Å². The number of hydrogen-bond donors (Lipinski definition) is 7. The summed E-state index contributed by atoms with van der Waals surface area (Å²) in [4.78, 5) is 0. The van der Waals surface area contributed by atoms with Gasteiger partial charge in [0, 0.05) is 79.3 Å². The van der Waals surface area contributed by atoms with Crippen LogP contribution in [0.2, 0.25) is 0 Å². The molecule has 0 bridgehead atoms. The molecule has 0 aromatic heterocycles. The lowest BCUT2D eigenvalue weighted by atomic mass is 9.88. The Hall–Kier alpha value is -0.920. The van der Waals surface area contributed by atoms with E-state index in [9.17, 15) is 0 Å². The van der Waals surface area contributed by atoms with Crippen molar-refractivity contribution in [3.63, 3.8) is 0 Å². The Balaban J connectivity index is -0.000000236. The van der Waals surface area contributed by atoms with Gasteiger partial charge in [0.15, 0.2) is 0 Å². The molecular weight excluding hydrogens is 1750 g/mol. The van der Waals surface area contributed by atoms with Gasteiger partial charge in [-0.1, -0.05) is 172 Å². The molecule has 0 heterocycles. The van der Waals surface area contributed by atoms with E-state index < -0.39 is 5.60 Å². The van der Waals surface area contributed by atoms with Crippen LogP contribution >= 0.6 is 0 Å². The second-order valence-corrected chi connectivity index (χ2v) is 47.6. The summed E-state index contributed by atoms with van der Waals surface area (Å²) < 4.78 is 91.7. The molecule has 0 spiro atoms. The standard InChI is InChI=1S/C17H39N3.C16H35NO3.C16H34O4.C14H32N2.C14H31NO.C14H30O2.C13H28O3.C12H26O3/c1-13(2)9-10-17(20-16(7)8,11-18-14(3)4)12-19-15(5)6;1-12(2)17-16(9-18-13(3)4,10-19-14(5)6)11-20-15(7)8;1-12(2)17-9-16(20-15(7)8,10-18-13(3)4)11-19-14(5)6;3*1-11(2)7-8-14(9-15-12(3)4)10-16-13(5)6;1-10(2)14-7-13(8-15-11(3)4)9-16-12(5)6;1-9(2)13-7-12(15-11(5)6)8-14-10(3)4/h13-16,18-20H,9-12H2,1-8H3;12-15,17H,9-11H2,1-8H3;12-15H,9-11H2,1-8H3;11-16H,7-10H2,1-6H3;11-15H,7-10H2,1-6H3;11-14H,7-10H2,1-6H3;10-13H,7-9H2,1-6H3;9-12H,7-8H2,1-6H3. The van der Waals surface area contributed by atoms with Crippen LogP contribution in [-0.4, -0.2) is 288 Å². The Morgan fingerprint density at radius 3 is 0.640 bits per heavy atom. The Morgan fingerprint density at radius 2 is 0.403 bits per heavy atom. The van der Waals surface area contributed by atoms with E-state index in [2.05, 4.69) is 231 Å². The third kappa shape index (κ3) is 124. The number of rotatable bonds is 77. The van der Waals surface area contributed by atoms with Gasteiger partial charge < -0.3 is 113 Å². The molecule has 850 valence electrons. The van der Waals surface area contributed by atoms with Crippen LogP contribution in [0.4, 0.5) is 0 Å². The smallest absolute Gasteiger partial charge is 0.138 e. The molecular formula is C116H255N7O16. The SMILES string of the molecule is CC(C)CCC(CNC(C)C)(CNC(C)C)NC(C)C.CC(C)CCC(CNC(C)C)CNC(C)C.CC(C)CCC(CNC(C)C)COC(C)C.CC(C)CCC(COC(C)C)COC(C)C.CC(C)NC(COC(C)C)(COC(C)C)COC(C)C.CC(C)OCC(COC(C)C)(COC(C)C)OC(C)C.CC(C)OCC(COC(C)C)COC(C)C.CC(C)OCC(COC(C)C)OC(C)C. The van der Waals surface area contributed by atoms with Crippen molar-refractivity contribution in [3.05, 3.63) is 0 Å². The first-order valence-electron chi connectivity index (χ1n) is 56.2. The fraction of sp³-hybridized carbons (Fsp3) is 1.00. The zero-order chi connectivity index (χ0) is 109. The quantitative estimate of drug-likeness (QED) is 0.0300. The van der Waals surface area contributed by atoms with Crippen molar-refractivity contribution < 1.29 is 75.8 Å². The highest BCUT2D eigenvalue weighted by molar-refractivity contribution is 4.95. The zero-order valence-corrected chi connectivity index (χ0v) is 103. The first kappa shape index (κ1) is 153. The summed E-state index contributed by atoms with van der Waals surface area (Å²) in [5.41, 5.74) is -0.701. The van der Waals surface area contributed by atoms with Crippen LogP contribution in [0.15, 0.2) is 0 Å². The molecule has 0 aromatic rings. The molecule has 1 unspecified atom stereocenters. The maximum absolute atomic E-state index is 6.11. The largest absolute Gasteiger partial charge is 0.378 e. The van der Waals surface area contributed by atoms with Gasteiger partial charge in [0.1, 0.15) is 11.7 Å². The van der Waals surface area contributed by atoms with Crippen LogP contribution in [0.3, 0.4) is 0 Å². The van der Waals surface area contributed by atoms with Gasteiger partial charge in [-0.25, -0.2) is 0 Å². The highest BCUT2D eigenvalue weighted by atomic mass is 16.6. The predicted octanol–water partition coefficient (Wildman–Crippen LogP) is 25.5. The highest BCUT2D eigenvalue weighted by Crippen LogP contribution is 2.24. The summed E-state index contributed by atoms with van der Waals surface area (Å²) >= 11 is 0. The third-order valence-corrected chi connectivity index (χ3v) is 20.3. The van der Waals surface area contributed by atoms with Gasteiger partial charge >= 0.3 is 0 Å². The maximum atomic E-state index is 6.11. The third-order valence-electron chi connectivity index (χ3n) is 20.3. The molecule has 7 N–H and O–H groups in total. The number of hydrogen-bond acceptors (Lipinski definition) is 23. The minimum atomic E-state index is -0.549. The molecule has 0 radical (unpaired) electrons. The topological polar surface area (TPSA) is 232 Å². The average molecular weight is 2000 g/mol. The van der Waals surface area contributed by atoms with Gasteiger partial charge in [0.05, 0.1) is 196 Å². The van der Waals surface area contributed by atoms with Crippen LogP contribution in [0.25, 0.3) is 0 Å². The van der Waals surface area contributed by atoms with Crippen LogP contribution < -0.4 is 37.2 Å². The van der Waals surface area contributed by atoms with E-state index in [1.807, 2.05) is 180 Å². The van der Waals surface area contributed by atoms with Crippen molar-refractivity contribution in [1.82, 2.24) is 37.2 Å². The summed E-state index contributed by atoms with van der Waals surface area (Å²) in [6.45, 7) is 129. The molecule has 23 heteroatoms. The molecule has 0 saturated heterocycles. The van der Waals surface area contributed by atoms with Crippen molar-refractivity contribution >= 4 is 0 Å². The molecule has 0 aliphatic carbocycles. The fourth-order valence-electron chi connectivity index (χ4n) is 12.8. The van der Waals surface area contributed by atoms with Gasteiger partial charge in [0.2, 0.25) is 0 Å². The van der Waals surface area contributed by atoms with Gasteiger partial charge in [0.25, 0.3) is 0 Å². The first-order chi connectivity index (χ1) is 64.1. The van der Waals surface area contributed by atoms with Crippen LogP contribution in [0, 0.1) is 47.3 Å². The molecule has 1 atom stereocenters. The lowest BCUT2D eigenvalue weighted by molar-refractivity contribution is -0.198. The van der Waals surface area contributed by atoms with Crippen LogP contribution in [0.1, 0.15) is 425 Å². The van der Waals surface area contributed by atoms with Crippen molar-refractivity contribution in [1.29, 1.82) is 0 Å². The molecule has 0 aromatic carbocycles. The van der Waals surface area contributed by atoms with Crippen molar-refractivity contribution in [3.8, 4) is 0 Å². The molecule has 0 amide bonds. The summed E-state index contributed by atoms with van der Waals surface area (Å²) in [5, 5.41) is 25.3. The molecule has 0 rings (SSSR count). The average Bonchev–Trinajstić information content (AvgIpc) is 0.861. The summed E-state index contributed by atoms with van der Waals surface area (Å²) in [6, 6.07) is 3.67. The number of ether oxygens (including phenoxy) is 16. The molecule has 0 aliphatic rings. The Bertz CT molecular complexity index is 1980. The monoisotopic (exact) mass is 2000 g/mol. The minimum Gasteiger partial charge on any atom is -0.378 e. The molecule has 23 nitrogen and oxygen atoms in total. The normalized spacial score (nSPS) is 12.9. The van der Waals surface area contributed by atoms with E-state index in [1.165, 1.54) is 51.4 Å². The van der Waals surface area contributed by atoms with E-state index in [-0.39, 0.29) is 96.5 Å². The second-order valence-electron chi connectivity index (χ2n) is 47.6. The van der Waals surface area contributed by atoms with Crippen molar-refractivity contribution in [2.75, 3.05) is 125 Å². The van der Waals surface area contributed by atoms with E-state index >= 15 is 0 Å². The van der Waals surface area contributed by atoms with E-state index in [0.29, 0.717) is 151 Å². The van der Waals surface area contributed by atoms with Crippen molar-refractivity contribution in [2.45, 2.75) is 588 Å². The summed E-state index contributed by atoms with van der Waals surface area (Å²) in [5.74, 6) is 5.43. The van der Waals surface area contributed by atoms with Crippen molar-refractivity contribution in [2.24, 2.45) is 47.3 Å². The molecule has 0 saturated carbocycles. The Morgan fingerprint density at radius 1 is 0.180 bits per heavy atom. The zero-order valence-electron chi connectivity index (χ0n) is 103. The maximum Gasteiger partial charge on any atom is 0.138 e. The van der Waals surface area contributed by atoms with Crippen LogP contribution in [-0.2, 0) is 75.8 Å². The highest BCUT2D eigenvalue weighted by Gasteiger charge is 2.37. The van der Waals surface area contributed by atoms with Gasteiger partial charge in [-0.05, 0) is 302 Å². The Labute approximate surface area is 868 Å². The van der Waals surface area contributed by atoms with E-state index in [0.717, 1.165) is 82.1 Å².